The molecular formula is C55H36N2S. The van der Waals surface area contributed by atoms with E-state index in [9.17, 15) is 0 Å². The van der Waals surface area contributed by atoms with Gasteiger partial charge in [0, 0.05) is 37.6 Å². The molecule has 3 heteroatoms. The quantitative estimate of drug-likeness (QED) is 0.173. The molecule has 1 atom stereocenters. The van der Waals surface area contributed by atoms with Crippen molar-refractivity contribution in [2.45, 2.75) is 15.2 Å². The Kier molecular flexibility index (Phi) is 7.41. The summed E-state index contributed by atoms with van der Waals surface area (Å²) in [6.45, 7) is 0. The van der Waals surface area contributed by atoms with E-state index < -0.39 is 5.41 Å². The van der Waals surface area contributed by atoms with Crippen LogP contribution in [-0.2, 0) is 5.41 Å². The minimum absolute atomic E-state index is 0.518. The van der Waals surface area contributed by atoms with Crippen molar-refractivity contribution in [3.8, 4) is 27.9 Å². The molecule has 1 aromatic heterocycles. The maximum Gasteiger partial charge on any atom is 0.0764 e. The first-order valence-electron chi connectivity index (χ1n) is 19.9. The normalized spacial score (nSPS) is 14.9. The SMILES string of the molecule is c1ccc(-c2ccc(N(c3ccc(-c4ccccc4)cc3)c3ccc4c(c3)Sc3ccccc3C43c4ccccc4-n4c5ccccc5c5cccc3c54)cc2)cc1. The average molecular weight is 757 g/mol. The van der Waals surface area contributed by atoms with Crippen molar-refractivity contribution in [3.63, 3.8) is 0 Å². The fraction of sp³-hybridized carbons (Fsp3) is 0.0182. The average Bonchev–Trinajstić information content (AvgIpc) is 3.64. The van der Waals surface area contributed by atoms with Gasteiger partial charge in [-0.1, -0.05) is 176 Å². The Morgan fingerprint density at radius 3 is 1.59 bits per heavy atom. The summed E-state index contributed by atoms with van der Waals surface area (Å²) in [5, 5.41) is 2.58. The Hall–Kier alpha value is -7.07. The largest absolute Gasteiger partial charge is 0.310 e. The van der Waals surface area contributed by atoms with Crippen LogP contribution in [-0.4, -0.2) is 4.57 Å². The van der Waals surface area contributed by atoms with Crippen molar-refractivity contribution in [2.75, 3.05) is 4.90 Å². The van der Waals surface area contributed by atoms with Gasteiger partial charge in [0.1, 0.15) is 0 Å². The molecule has 9 aromatic carbocycles. The molecule has 3 heterocycles. The second kappa shape index (κ2) is 13.0. The van der Waals surface area contributed by atoms with E-state index in [1.165, 1.54) is 81.8 Å². The maximum atomic E-state index is 2.51. The Balaban J connectivity index is 1.09. The van der Waals surface area contributed by atoms with Gasteiger partial charge >= 0.3 is 0 Å². The first-order chi connectivity index (χ1) is 28.8. The zero-order valence-corrected chi connectivity index (χ0v) is 32.4. The van der Waals surface area contributed by atoms with E-state index in [0.717, 1.165) is 17.1 Å². The number of hydrogen-bond acceptors (Lipinski definition) is 2. The van der Waals surface area contributed by atoms with E-state index in [2.05, 4.69) is 228 Å². The second-order valence-corrected chi connectivity index (χ2v) is 16.3. The number of nitrogens with zero attached hydrogens (tertiary/aromatic N) is 2. The molecule has 2 nitrogen and oxygen atoms in total. The summed E-state index contributed by atoms with van der Waals surface area (Å²) in [5.41, 5.74) is 16.7. The van der Waals surface area contributed by atoms with Crippen LogP contribution in [0.5, 0.6) is 0 Å². The van der Waals surface area contributed by atoms with Gasteiger partial charge in [0.15, 0.2) is 0 Å². The predicted molar refractivity (Wildman–Crippen MR) is 242 cm³/mol. The maximum absolute atomic E-state index is 2.51. The lowest BCUT2D eigenvalue weighted by Gasteiger charge is -2.45. The van der Waals surface area contributed by atoms with Crippen LogP contribution in [0.15, 0.2) is 228 Å². The van der Waals surface area contributed by atoms with E-state index in [1.807, 2.05) is 11.8 Å². The molecule has 58 heavy (non-hydrogen) atoms. The van der Waals surface area contributed by atoms with Crippen molar-refractivity contribution < 1.29 is 0 Å². The lowest BCUT2D eigenvalue weighted by molar-refractivity contribution is 0.689. The Morgan fingerprint density at radius 2 is 0.879 bits per heavy atom. The number of para-hydroxylation sites is 3. The molecule has 2 aliphatic rings. The van der Waals surface area contributed by atoms with Gasteiger partial charge in [0.25, 0.3) is 0 Å². The third-order valence-corrected chi connectivity index (χ3v) is 13.4. The number of hydrogen-bond donors (Lipinski definition) is 0. The highest BCUT2D eigenvalue weighted by Crippen LogP contribution is 2.61. The highest BCUT2D eigenvalue weighted by molar-refractivity contribution is 7.99. The van der Waals surface area contributed by atoms with Crippen molar-refractivity contribution in [2.24, 2.45) is 0 Å². The van der Waals surface area contributed by atoms with Gasteiger partial charge in [-0.15, -0.1) is 0 Å². The van der Waals surface area contributed by atoms with Crippen molar-refractivity contribution in [3.05, 3.63) is 241 Å². The summed E-state index contributed by atoms with van der Waals surface area (Å²) in [6.07, 6.45) is 0. The fourth-order valence-electron chi connectivity index (χ4n) is 9.77. The van der Waals surface area contributed by atoms with Crippen LogP contribution in [0.4, 0.5) is 17.1 Å². The number of rotatable bonds is 5. The zero-order valence-electron chi connectivity index (χ0n) is 31.6. The molecule has 0 fully saturated rings. The number of anilines is 3. The zero-order chi connectivity index (χ0) is 38.2. The number of benzene rings is 9. The Morgan fingerprint density at radius 1 is 0.362 bits per heavy atom. The van der Waals surface area contributed by atoms with E-state index >= 15 is 0 Å². The molecular weight excluding hydrogens is 721 g/mol. The highest BCUT2D eigenvalue weighted by Gasteiger charge is 2.49. The molecule has 12 rings (SSSR count). The molecule has 0 N–H and O–H groups in total. The molecule has 0 aliphatic carbocycles. The van der Waals surface area contributed by atoms with Gasteiger partial charge in [-0.2, -0.15) is 0 Å². The third-order valence-electron chi connectivity index (χ3n) is 12.3. The molecule has 1 spiro atoms. The summed E-state index contributed by atoms with van der Waals surface area (Å²) < 4.78 is 2.51. The summed E-state index contributed by atoms with van der Waals surface area (Å²) in [6, 6.07) is 80.4. The monoisotopic (exact) mass is 756 g/mol. The van der Waals surface area contributed by atoms with Crippen molar-refractivity contribution >= 4 is 50.6 Å². The Bertz CT molecular complexity index is 3100. The summed E-state index contributed by atoms with van der Waals surface area (Å²) in [4.78, 5) is 4.96. The van der Waals surface area contributed by atoms with Gasteiger partial charge in [-0.25, -0.2) is 0 Å². The lowest BCUT2D eigenvalue weighted by Crippen LogP contribution is -2.37. The highest BCUT2D eigenvalue weighted by atomic mass is 32.2. The van der Waals surface area contributed by atoms with E-state index in [4.69, 9.17) is 0 Å². The van der Waals surface area contributed by atoms with Crippen LogP contribution in [0.25, 0.3) is 49.7 Å². The standard InChI is InChI=1S/C55H36N2S/c1-3-14-37(15-4-1)39-26-30-41(31-27-39)56(42-32-28-40(29-33-42)38-16-5-2-6-17-38)43-34-35-48-53(36-43)58-52-25-12-9-21-47(52)55(48)46-20-8-11-24-51(46)57-50-23-10-7-18-44(50)45-19-13-22-49(55)54(45)57/h1-36H. The van der Waals surface area contributed by atoms with Crippen LogP contribution in [0.1, 0.15) is 22.3 Å². The van der Waals surface area contributed by atoms with Crippen LogP contribution in [0, 0.1) is 0 Å². The molecule has 0 radical (unpaired) electrons. The van der Waals surface area contributed by atoms with Crippen LogP contribution < -0.4 is 4.90 Å². The molecule has 272 valence electrons. The first-order valence-corrected chi connectivity index (χ1v) is 20.7. The second-order valence-electron chi connectivity index (χ2n) is 15.3. The van der Waals surface area contributed by atoms with Gasteiger partial charge in [-0.3, -0.25) is 0 Å². The summed E-state index contributed by atoms with van der Waals surface area (Å²) >= 11 is 1.89. The van der Waals surface area contributed by atoms with Gasteiger partial charge < -0.3 is 9.47 Å². The lowest BCUT2D eigenvalue weighted by atomic mass is 9.63. The summed E-state index contributed by atoms with van der Waals surface area (Å²) in [7, 11) is 0. The predicted octanol–water partition coefficient (Wildman–Crippen LogP) is 14.7. The summed E-state index contributed by atoms with van der Waals surface area (Å²) in [5.74, 6) is 0. The van der Waals surface area contributed by atoms with E-state index in [1.54, 1.807) is 0 Å². The number of aromatic nitrogens is 1. The van der Waals surface area contributed by atoms with Gasteiger partial charge in [-0.05, 0) is 99.1 Å². The van der Waals surface area contributed by atoms with Gasteiger partial charge in [0.2, 0.25) is 0 Å². The minimum atomic E-state index is -0.518. The molecule has 0 amide bonds. The fourth-order valence-corrected chi connectivity index (χ4v) is 11.0. The van der Waals surface area contributed by atoms with Gasteiger partial charge in [0.05, 0.1) is 22.1 Å². The molecule has 0 saturated heterocycles. The molecule has 1 unspecified atom stereocenters. The van der Waals surface area contributed by atoms with Crippen LogP contribution in [0.2, 0.25) is 0 Å². The Labute approximate surface area is 342 Å². The third kappa shape index (κ3) is 4.81. The minimum Gasteiger partial charge on any atom is -0.310 e. The smallest absolute Gasteiger partial charge is 0.0764 e. The molecule has 10 aromatic rings. The van der Waals surface area contributed by atoms with Crippen molar-refractivity contribution in [1.82, 2.24) is 4.57 Å². The van der Waals surface area contributed by atoms with Crippen LogP contribution in [0.3, 0.4) is 0 Å². The van der Waals surface area contributed by atoms with E-state index in [-0.39, 0.29) is 0 Å². The van der Waals surface area contributed by atoms with E-state index in [0.29, 0.717) is 0 Å². The first kappa shape index (κ1) is 33.1. The molecule has 0 bridgehead atoms. The number of fused-ring (bicyclic) bond motifs is 11. The molecule has 2 aliphatic heterocycles. The van der Waals surface area contributed by atoms with Crippen molar-refractivity contribution in [1.29, 1.82) is 0 Å². The van der Waals surface area contributed by atoms with Crippen LogP contribution >= 0.6 is 11.8 Å². The topological polar surface area (TPSA) is 8.17 Å². The molecule has 0 saturated carbocycles.